The number of hydrogen-bond acceptors (Lipinski definition) is 5. The molecule has 0 spiro atoms. The summed E-state index contributed by atoms with van der Waals surface area (Å²) in [6.45, 7) is 5.40. The lowest BCUT2D eigenvalue weighted by atomic mass is 9.80. The number of amides is 2. The van der Waals surface area contributed by atoms with E-state index in [9.17, 15) is 13.6 Å². The van der Waals surface area contributed by atoms with Crippen LogP contribution in [-0.2, 0) is 13.1 Å². The van der Waals surface area contributed by atoms with Crippen LogP contribution in [0.1, 0.15) is 40.8 Å². The van der Waals surface area contributed by atoms with Crippen LogP contribution in [0, 0.1) is 13.8 Å². The average Bonchev–Trinajstić information content (AvgIpc) is 3.45. The van der Waals surface area contributed by atoms with Gasteiger partial charge in [-0.25, -0.2) is 23.5 Å². The fourth-order valence-corrected chi connectivity index (χ4v) is 6.09. The summed E-state index contributed by atoms with van der Waals surface area (Å²) in [7, 11) is 1.61. The van der Waals surface area contributed by atoms with E-state index in [2.05, 4.69) is 33.1 Å². The average molecular weight is 509 g/mol. The molecule has 1 aliphatic heterocycles. The third-order valence-electron chi connectivity index (χ3n) is 7.22. The summed E-state index contributed by atoms with van der Waals surface area (Å²) >= 11 is 1.60. The van der Waals surface area contributed by atoms with Crippen LogP contribution in [0.5, 0.6) is 0 Å². The van der Waals surface area contributed by atoms with Crippen LogP contribution in [0.4, 0.5) is 13.6 Å². The molecular weight excluding hydrogens is 482 g/mol. The molecule has 4 aromatic rings. The van der Waals surface area contributed by atoms with Crippen LogP contribution in [0.25, 0.3) is 32.6 Å². The number of pyridine rings is 1. The Morgan fingerprint density at radius 2 is 1.97 bits per heavy atom. The summed E-state index contributed by atoms with van der Waals surface area (Å²) in [5.74, 6) is -2.22. The quantitative estimate of drug-likeness (QED) is 0.396. The van der Waals surface area contributed by atoms with E-state index < -0.39 is 5.92 Å². The summed E-state index contributed by atoms with van der Waals surface area (Å²) in [4.78, 5) is 29.3. The van der Waals surface area contributed by atoms with Gasteiger partial charge in [0.15, 0.2) is 0 Å². The summed E-state index contributed by atoms with van der Waals surface area (Å²) in [6, 6.07) is 6.02. The number of rotatable bonds is 3. The Bertz CT molecular complexity index is 1500. The zero-order valence-corrected chi connectivity index (χ0v) is 21.1. The van der Waals surface area contributed by atoms with E-state index in [1.54, 1.807) is 23.3 Å². The predicted octanol–water partition coefficient (Wildman–Crippen LogP) is 5.51. The standard InChI is InChI=1S/C26H26F2N6OS/c1-14-4-5-16-8-19(21-12-30-15(2)36-21)31-11-18(16)22(14)23-20-13-33(25(35)29-3)6-7-34(20)24(32-23)17-9-26(27,28)10-17/h4-5,8,11-12,17H,6-7,9-10,13H2,1-3H3,(H,29,35). The fraction of sp³-hybridized carbons (Fsp3) is 0.385. The van der Waals surface area contributed by atoms with Crippen LogP contribution in [0.2, 0.25) is 0 Å². The van der Waals surface area contributed by atoms with Gasteiger partial charge >= 0.3 is 6.03 Å². The van der Waals surface area contributed by atoms with Crippen LogP contribution in [-0.4, -0.2) is 50.0 Å². The maximum Gasteiger partial charge on any atom is 0.317 e. The molecule has 186 valence electrons. The van der Waals surface area contributed by atoms with Crippen molar-refractivity contribution in [1.29, 1.82) is 0 Å². The largest absolute Gasteiger partial charge is 0.341 e. The number of urea groups is 1. The van der Waals surface area contributed by atoms with E-state index in [-0.39, 0.29) is 24.8 Å². The molecule has 0 unspecified atom stereocenters. The molecule has 6 rings (SSSR count). The predicted molar refractivity (Wildman–Crippen MR) is 135 cm³/mol. The molecule has 1 saturated carbocycles. The summed E-state index contributed by atoms with van der Waals surface area (Å²) in [5, 5.41) is 5.64. The van der Waals surface area contributed by atoms with Gasteiger partial charge in [0.25, 0.3) is 0 Å². The van der Waals surface area contributed by atoms with E-state index in [1.807, 2.05) is 26.2 Å². The maximum absolute atomic E-state index is 13.8. The second-order valence-electron chi connectivity index (χ2n) is 9.65. The van der Waals surface area contributed by atoms with Crippen LogP contribution >= 0.6 is 11.3 Å². The maximum atomic E-state index is 13.8. The minimum atomic E-state index is -2.63. The molecule has 0 radical (unpaired) electrons. The van der Waals surface area contributed by atoms with Crippen molar-refractivity contribution < 1.29 is 13.6 Å². The first kappa shape index (κ1) is 23.0. The molecule has 1 fully saturated rings. The van der Waals surface area contributed by atoms with Gasteiger partial charge in [-0.3, -0.25) is 4.98 Å². The van der Waals surface area contributed by atoms with Gasteiger partial charge in [0.05, 0.1) is 33.5 Å². The molecule has 1 N–H and O–H groups in total. The van der Waals surface area contributed by atoms with E-state index in [1.165, 1.54) is 0 Å². The number of fused-ring (bicyclic) bond motifs is 2. The number of carbonyl (C=O) groups excluding carboxylic acids is 1. The molecule has 2 amide bonds. The Balaban J connectivity index is 1.50. The molecule has 0 bridgehead atoms. The first-order chi connectivity index (χ1) is 17.2. The molecule has 0 saturated heterocycles. The first-order valence-electron chi connectivity index (χ1n) is 12.0. The zero-order chi connectivity index (χ0) is 25.2. The molecule has 1 aromatic carbocycles. The van der Waals surface area contributed by atoms with Crippen molar-refractivity contribution in [3.8, 4) is 21.8 Å². The lowest BCUT2D eigenvalue weighted by molar-refractivity contribution is -0.0892. The Hall–Kier alpha value is -3.40. The lowest BCUT2D eigenvalue weighted by Crippen LogP contribution is -2.43. The number of nitrogens with one attached hydrogen (secondary N) is 1. The number of imidazole rings is 1. The zero-order valence-electron chi connectivity index (χ0n) is 20.3. The van der Waals surface area contributed by atoms with E-state index in [4.69, 9.17) is 9.97 Å². The molecular formula is C26H26F2N6OS. The topological polar surface area (TPSA) is 75.9 Å². The number of alkyl halides is 2. The van der Waals surface area contributed by atoms with Crippen molar-refractivity contribution in [2.45, 2.75) is 51.6 Å². The van der Waals surface area contributed by atoms with Gasteiger partial charge in [0.2, 0.25) is 5.92 Å². The van der Waals surface area contributed by atoms with Gasteiger partial charge in [0, 0.05) is 62.2 Å². The highest BCUT2D eigenvalue weighted by molar-refractivity contribution is 7.15. The number of nitrogens with zero attached hydrogens (tertiary/aromatic N) is 5. The number of halogens is 2. The molecule has 7 nitrogen and oxygen atoms in total. The van der Waals surface area contributed by atoms with Gasteiger partial charge in [-0.05, 0) is 30.9 Å². The number of hydrogen-bond donors (Lipinski definition) is 1. The second-order valence-corrected chi connectivity index (χ2v) is 10.9. The third-order valence-corrected chi connectivity index (χ3v) is 8.15. The number of carbonyl (C=O) groups is 1. The van der Waals surface area contributed by atoms with E-state index >= 15 is 0 Å². The summed E-state index contributed by atoms with van der Waals surface area (Å²) < 4.78 is 29.6. The van der Waals surface area contributed by atoms with Gasteiger partial charge in [-0.1, -0.05) is 12.1 Å². The summed E-state index contributed by atoms with van der Waals surface area (Å²) in [6.07, 6.45) is 3.33. The molecule has 2 aliphatic rings. The highest BCUT2D eigenvalue weighted by Crippen LogP contribution is 2.49. The monoisotopic (exact) mass is 508 g/mol. The Kier molecular flexibility index (Phi) is 5.33. The van der Waals surface area contributed by atoms with Crippen molar-refractivity contribution in [1.82, 2.24) is 29.7 Å². The molecule has 36 heavy (non-hydrogen) atoms. The minimum Gasteiger partial charge on any atom is -0.341 e. The first-order valence-corrected chi connectivity index (χ1v) is 12.8. The number of benzene rings is 1. The van der Waals surface area contributed by atoms with Crippen molar-refractivity contribution >= 4 is 28.1 Å². The number of thiazole rings is 1. The fourth-order valence-electron chi connectivity index (χ4n) is 5.34. The minimum absolute atomic E-state index is 0.161. The van der Waals surface area contributed by atoms with Gasteiger partial charge in [0.1, 0.15) is 5.82 Å². The molecule has 3 aromatic heterocycles. The summed E-state index contributed by atoms with van der Waals surface area (Å²) in [5.41, 5.74) is 4.45. The number of aryl methyl sites for hydroxylation is 2. The Morgan fingerprint density at radius 3 is 2.67 bits per heavy atom. The highest BCUT2D eigenvalue weighted by Gasteiger charge is 2.48. The van der Waals surface area contributed by atoms with Crippen LogP contribution < -0.4 is 5.32 Å². The van der Waals surface area contributed by atoms with E-state index in [0.717, 1.165) is 48.9 Å². The van der Waals surface area contributed by atoms with Crippen molar-refractivity contribution in [3.05, 3.63) is 52.7 Å². The lowest BCUT2D eigenvalue weighted by Gasteiger charge is -2.36. The third kappa shape index (κ3) is 3.75. The second kappa shape index (κ2) is 8.33. The highest BCUT2D eigenvalue weighted by atomic mass is 32.1. The number of aromatic nitrogens is 4. The molecule has 10 heteroatoms. The van der Waals surface area contributed by atoms with Gasteiger partial charge in [-0.2, -0.15) is 0 Å². The van der Waals surface area contributed by atoms with Gasteiger partial charge in [-0.15, -0.1) is 11.3 Å². The Morgan fingerprint density at radius 1 is 1.17 bits per heavy atom. The molecule has 0 atom stereocenters. The van der Waals surface area contributed by atoms with Gasteiger partial charge < -0.3 is 14.8 Å². The van der Waals surface area contributed by atoms with Crippen molar-refractivity contribution in [2.75, 3.05) is 13.6 Å². The van der Waals surface area contributed by atoms with Crippen molar-refractivity contribution in [2.24, 2.45) is 0 Å². The smallest absolute Gasteiger partial charge is 0.317 e. The van der Waals surface area contributed by atoms with Crippen LogP contribution in [0.3, 0.4) is 0 Å². The molecule has 4 heterocycles. The normalized spacial score (nSPS) is 17.2. The van der Waals surface area contributed by atoms with Crippen molar-refractivity contribution in [3.63, 3.8) is 0 Å². The SMILES string of the molecule is CNC(=O)N1CCn2c(C3CC(F)(F)C3)nc(-c3c(C)ccc4cc(-c5cnc(C)s5)ncc34)c2C1. The molecule has 1 aliphatic carbocycles. The Labute approximate surface area is 211 Å². The van der Waals surface area contributed by atoms with E-state index in [0.29, 0.717) is 25.5 Å². The van der Waals surface area contributed by atoms with Crippen LogP contribution in [0.15, 0.2) is 30.6 Å².